The highest BCUT2D eigenvalue weighted by Gasteiger charge is 2.34. The molecule has 6 heteroatoms. The summed E-state index contributed by atoms with van der Waals surface area (Å²) in [6.45, 7) is 6.44. The monoisotopic (exact) mass is 404 g/mol. The number of carbonyl (C=O) groups excluding carboxylic acids is 2. The number of nitrogens with zero attached hydrogens (tertiary/aromatic N) is 1. The number of carbonyl (C=O) groups is 2. The van der Waals surface area contributed by atoms with Crippen LogP contribution in [0.25, 0.3) is 10.8 Å². The van der Waals surface area contributed by atoms with Gasteiger partial charge in [0.25, 0.3) is 5.91 Å². The third-order valence-corrected chi connectivity index (χ3v) is 4.67. The van der Waals surface area contributed by atoms with Crippen molar-refractivity contribution in [2.24, 2.45) is 0 Å². The molecule has 1 aliphatic rings. The summed E-state index contributed by atoms with van der Waals surface area (Å²) in [6.07, 6.45) is -0.341. The predicted molar refractivity (Wildman–Crippen MR) is 101 cm³/mol. The van der Waals surface area contributed by atoms with E-state index in [1.165, 1.54) is 0 Å². The van der Waals surface area contributed by atoms with Crippen LogP contribution in [-0.2, 0) is 4.74 Å². The molecule has 3 rings (SSSR count). The van der Waals surface area contributed by atoms with Gasteiger partial charge in [0.15, 0.2) is 0 Å². The molecule has 1 N–H and O–H groups in total. The number of amides is 2. The lowest BCUT2D eigenvalue weighted by Crippen LogP contribution is -2.61. The lowest BCUT2D eigenvalue weighted by atomic mass is 10.0. The summed E-state index contributed by atoms with van der Waals surface area (Å²) in [4.78, 5) is 26.2. The Morgan fingerprint density at radius 3 is 2.44 bits per heavy atom. The minimum absolute atomic E-state index is 0.0533. The van der Waals surface area contributed by atoms with Crippen LogP contribution in [0.5, 0.6) is 0 Å². The molecule has 1 fully saturated rings. The fourth-order valence-electron chi connectivity index (χ4n) is 2.78. The van der Waals surface area contributed by atoms with Crippen LogP contribution in [-0.4, -0.2) is 41.6 Å². The number of halogens is 1. The largest absolute Gasteiger partial charge is 0.444 e. The van der Waals surface area contributed by atoms with E-state index in [1.54, 1.807) is 4.90 Å². The maximum Gasteiger partial charge on any atom is 0.410 e. The Bertz CT molecular complexity index is 823. The number of rotatable bonds is 2. The maximum absolute atomic E-state index is 12.6. The zero-order valence-corrected chi connectivity index (χ0v) is 16.1. The fourth-order valence-corrected chi connectivity index (χ4v) is 3.28. The molecular formula is C19H21BrN2O3. The molecule has 1 aliphatic heterocycles. The van der Waals surface area contributed by atoms with Crippen molar-refractivity contribution in [1.29, 1.82) is 0 Å². The standard InChI is InChI=1S/C19H21BrN2O3/c1-19(2,3)25-18(24)22-10-12(11-22)21-17(23)15-8-4-7-14-13(15)6-5-9-16(14)20/h4-9,12H,10-11H2,1-3H3,(H,21,23). The van der Waals surface area contributed by atoms with E-state index in [2.05, 4.69) is 21.2 Å². The van der Waals surface area contributed by atoms with Crippen LogP contribution in [0, 0.1) is 0 Å². The highest BCUT2D eigenvalue weighted by molar-refractivity contribution is 9.10. The van der Waals surface area contributed by atoms with E-state index in [9.17, 15) is 9.59 Å². The molecule has 0 saturated carbocycles. The van der Waals surface area contributed by atoms with E-state index < -0.39 is 5.60 Å². The van der Waals surface area contributed by atoms with Crippen LogP contribution in [0.4, 0.5) is 4.79 Å². The van der Waals surface area contributed by atoms with Crippen molar-refractivity contribution in [3.63, 3.8) is 0 Å². The van der Waals surface area contributed by atoms with E-state index in [1.807, 2.05) is 57.2 Å². The Kier molecular flexibility index (Phi) is 4.73. The first-order valence-corrected chi connectivity index (χ1v) is 9.00. The van der Waals surface area contributed by atoms with Gasteiger partial charge in [-0.1, -0.05) is 40.2 Å². The molecule has 0 aromatic heterocycles. The second kappa shape index (κ2) is 6.67. The molecule has 1 saturated heterocycles. The molecule has 0 bridgehead atoms. The second-order valence-electron chi connectivity index (χ2n) is 7.20. The van der Waals surface area contributed by atoms with E-state index in [0.717, 1.165) is 15.2 Å². The Labute approximate surface area is 155 Å². The predicted octanol–water partition coefficient (Wildman–Crippen LogP) is 3.95. The molecular weight excluding hydrogens is 384 g/mol. The Morgan fingerprint density at radius 1 is 1.12 bits per heavy atom. The van der Waals surface area contributed by atoms with E-state index >= 15 is 0 Å². The number of benzene rings is 2. The van der Waals surface area contributed by atoms with Gasteiger partial charge in [0.05, 0.1) is 6.04 Å². The smallest absolute Gasteiger partial charge is 0.410 e. The summed E-state index contributed by atoms with van der Waals surface area (Å²) in [6, 6.07) is 11.4. The molecule has 0 aliphatic carbocycles. The molecule has 5 nitrogen and oxygen atoms in total. The number of nitrogens with one attached hydrogen (secondary N) is 1. The zero-order chi connectivity index (χ0) is 18.2. The molecule has 0 atom stereocenters. The van der Waals surface area contributed by atoms with Gasteiger partial charge >= 0.3 is 6.09 Å². The topological polar surface area (TPSA) is 58.6 Å². The molecule has 1 heterocycles. The van der Waals surface area contributed by atoms with E-state index in [0.29, 0.717) is 18.7 Å². The summed E-state index contributed by atoms with van der Waals surface area (Å²) in [5.74, 6) is -0.127. The summed E-state index contributed by atoms with van der Waals surface area (Å²) < 4.78 is 6.28. The third kappa shape index (κ3) is 3.95. The lowest BCUT2D eigenvalue weighted by Gasteiger charge is -2.40. The number of hydrogen-bond acceptors (Lipinski definition) is 3. The first-order valence-electron chi connectivity index (χ1n) is 8.20. The van der Waals surface area contributed by atoms with Crippen molar-refractivity contribution in [2.45, 2.75) is 32.4 Å². The highest BCUT2D eigenvalue weighted by atomic mass is 79.9. The van der Waals surface area contributed by atoms with Gasteiger partial charge in [-0.25, -0.2) is 4.79 Å². The number of likely N-dealkylation sites (tertiary alicyclic amines) is 1. The summed E-state index contributed by atoms with van der Waals surface area (Å²) >= 11 is 3.51. The Balaban J connectivity index is 1.64. The van der Waals surface area contributed by atoms with Crippen LogP contribution in [0.15, 0.2) is 40.9 Å². The first-order chi connectivity index (χ1) is 11.7. The third-order valence-electron chi connectivity index (χ3n) is 3.98. The van der Waals surface area contributed by atoms with Crippen LogP contribution in [0.3, 0.4) is 0 Å². The van der Waals surface area contributed by atoms with Crippen molar-refractivity contribution >= 4 is 38.7 Å². The lowest BCUT2D eigenvalue weighted by molar-refractivity contribution is 0.00534. The molecule has 0 unspecified atom stereocenters. The van der Waals surface area contributed by atoms with Crippen LogP contribution < -0.4 is 5.32 Å². The normalized spacial score (nSPS) is 15.0. The summed E-state index contributed by atoms with van der Waals surface area (Å²) in [5.41, 5.74) is 0.122. The molecule has 2 aromatic carbocycles. The van der Waals surface area contributed by atoms with Crippen molar-refractivity contribution < 1.29 is 14.3 Å². The molecule has 2 aromatic rings. The molecule has 132 valence electrons. The van der Waals surface area contributed by atoms with Gasteiger partial charge in [0, 0.05) is 23.1 Å². The van der Waals surface area contributed by atoms with Crippen molar-refractivity contribution in [3.8, 4) is 0 Å². The van der Waals surface area contributed by atoms with Gasteiger partial charge in [-0.3, -0.25) is 4.79 Å². The van der Waals surface area contributed by atoms with Crippen LogP contribution in [0.1, 0.15) is 31.1 Å². The minimum atomic E-state index is -0.512. The molecule has 25 heavy (non-hydrogen) atoms. The number of fused-ring (bicyclic) bond motifs is 1. The van der Waals surface area contributed by atoms with Crippen LogP contribution in [0.2, 0.25) is 0 Å². The number of hydrogen-bond donors (Lipinski definition) is 1. The molecule has 0 radical (unpaired) electrons. The second-order valence-corrected chi connectivity index (χ2v) is 8.05. The Morgan fingerprint density at radius 2 is 1.76 bits per heavy atom. The first kappa shape index (κ1) is 17.7. The fraction of sp³-hybridized carbons (Fsp3) is 0.368. The maximum atomic E-state index is 12.6. The van der Waals surface area contributed by atoms with Gasteiger partial charge in [-0.05, 0) is 43.7 Å². The summed E-state index contributed by atoms with van der Waals surface area (Å²) in [5, 5.41) is 4.89. The SMILES string of the molecule is CC(C)(C)OC(=O)N1CC(NC(=O)c2cccc3c(Br)cccc23)C1. The van der Waals surface area contributed by atoms with E-state index in [-0.39, 0.29) is 18.0 Å². The van der Waals surface area contributed by atoms with E-state index in [4.69, 9.17) is 4.74 Å². The van der Waals surface area contributed by atoms with Gasteiger partial charge in [0.1, 0.15) is 5.60 Å². The highest BCUT2D eigenvalue weighted by Crippen LogP contribution is 2.26. The quantitative estimate of drug-likeness (QED) is 0.823. The molecule has 0 spiro atoms. The Hall–Kier alpha value is -2.08. The van der Waals surface area contributed by atoms with Gasteiger partial charge in [0.2, 0.25) is 0 Å². The molecule has 2 amide bonds. The average molecular weight is 405 g/mol. The van der Waals surface area contributed by atoms with Crippen molar-refractivity contribution in [2.75, 3.05) is 13.1 Å². The minimum Gasteiger partial charge on any atom is -0.444 e. The number of ether oxygens (including phenoxy) is 1. The average Bonchev–Trinajstić information content (AvgIpc) is 2.48. The van der Waals surface area contributed by atoms with Gasteiger partial charge < -0.3 is 15.0 Å². The van der Waals surface area contributed by atoms with Gasteiger partial charge in [-0.2, -0.15) is 0 Å². The van der Waals surface area contributed by atoms with Crippen LogP contribution >= 0.6 is 15.9 Å². The summed E-state index contributed by atoms with van der Waals surface area (Å²) in [7, 11) is 0. The zero-order valence-electron chi connectivity index (χ0n) is 14.5. The van der Waals surface area contributed by atoms with Gasteiger partial charge in [-0.15, -0.1) is 0 Å². The van der Waals surface area contributed by atoms with Crippen molar-refractivity contribution in [1.82, 2.24) is 10.2 Å². The van der Waals surface area contributed by atoms with Crippen molar-refractivity contribution in [3.05, 3.63) is 46.4 Å².